The van der Waals surface area contributed by atoms with Crippen LogP contribution in [0.15, 0.2) is 59.8 Å². The van der Waals surface area contributed by atoms with Crippen LogP contribution in [0.25, 0.3) is 22.0 Å². The Kier molecular flexibility index (Phi) is 5.90. The highest BCUT2D eigenvalue weighted by atomic mass is 32.2. The van der Waals surface area contributed by atoms with E-state index in [1.165, 1.54) is 35.0 Å². The number of rotatable bonds is 5. The van der Waals surface area contributed by atoms with Gasteiger partial charge in [0.25, 0.3) is 10.0 Å². The smallest absolute Gasteiger partial charge is 0.419 e. The van der Waals surface area contributed by atoms with Crippen molar-refractivity contribution in [1.82, 2.24) is 20.0 Å². The molecule has 0 radical (unpaired) electrons. The molecule has 0 aliphatic carbocycles. The van der Waals surface area contributed by atoms with Crippen LogP contribution in [-0.2, 0) is 14.8 Å². The van der Waals surface area contributed by atoms with Crippen molar-refractivity contribution < 1.29 is 22.3 Å². The third kappa shape index (κ3) is 4.38. The van der Waals surface area contributed by atoms with E-state index in [4.69, 9.17) is 4.74 Å². The van der Waals surface area contributed by atoms with E-state index in [0.29, 0.717) is 22.0 Å². The number of anilines is 1. The minimum atomic E-state index is -3.87. The SMILES string of the molecule is CCN(c1c[nH]nn1)S(=O)(=O)c1ccc(-c2cn(C(=O)OC(C)(C)C)c3cc(F)ccc23)cc1. The van der Waals surface area contributed by atoms with Gasteiger partial charge in [0.15, 0.2) is 5.82 Å². The molecule has 0 saturated heterocycles. The van der Waals surface area contributed by atoms with Gasteiger partial charge in [-0.05, 0) is 63.6 Å². The van der Waals surface area contributed by atoms with Crippen molar-refractivity contribution in [2.45, 2.75) is 38.2 Å². The van der Waals surface area contributed by atoms with Gasteiger partial charge >= 0.3 is 6.09 Å². The van der Waals surface area contributed by atoms with Crippen molar-refractivity contribution in [3.8, 4) is 11.1 Å². The minimum Gasteiger partial charge on any atom is -0.443 e. The second-order valence-corrected chi connectivity index (χ2v) is 10.4. The molecule has 34 heavy (non-hydrogen) atoms. The zero-order chi connectivity index (χ0) is 24.7. The Labute approximate surface area is 196 Å². The molecule has 11 heteroatoms. The van der Waals surface area contributed by atoms with Crippen molar-refractivity contribution in [1.29, 1.82) is 0 Å². The normalized spacial score (nSPS) is 12.1. The molecule has 0 saturated carbocycles. The topological polar surface area (TPSA) is 110 Å². The van der Waals surface area contributed by atoms with Crippen LogP contribution in [0.3, 0.4) is 0 Å². The number of sulfonamides is 1. The lowest BCUT2D eigenvalue weighted by Crippen LogP contribution is -2.31. The van der Waals surface area contributed by atoms with Crippen LogP contribution in [0.2, 0.25) is 0 Å². The van der Waals surface area contributed by atoms with E-state index in [9.17, 15) is 17.6 Å². The third-order valence-corrected chi connectivity index (χ3v) is 6.95. The van der Waals surface area contributed by atoms with E-state index < -0.39 is 27.5 Å². The Morgan fingerprint density at radius 3 is 2.47 bits per heavy atom. The highest BCUT2D eigenvalue weighted by Gasteiger charge is 2.26. The molecule has 0 aliphatic heterocycles. The van der Waals surface area contributed by atoms with Crippen molar-refractivity contribution in [2.24, 2.45) is 0 Å². The first-order valence-electron chi connectivity index (χ1n) is 10.5. The van der Waals surface area contributed by atoms with Crippen LogP contribution in [0, 0.1) is 5.82 Å². The second-order valence-electron chi connectivity index (χ2n) is 8.58. The lowest BCUT2D eigenvalue weighted by Gasteiger charge is -2.19. The van der Waals surface area contributed by atoms with E-state index in [1.807, 2.05) is 0 Å². The summed E-state index contributed by atoms with van der Waals surface area (Å²) < 4.78 is 48.1. The summed E-state index contributed by atoms with van der Waals surface area (Å²) >= 11 is 0. The Balaban J connectivity index is 1.75. The van der Waals surface area contributed by atoms with Gasteiger partial charge in [0, 0.05) is 23.7 Å². The summed E-state index contributed by atoms with van der Waals surface area (Å²) in [6.45, 7) is 7.11. The molecule has 9 nitrogen and oxygen atoms in total. The predicted molar refractivity (Wildman–Crippen MR) is 126 cm³/mol. The van der Waals surface area contributed by atoms with Crippen molar-refractivity contribution in [3.05, 3.63) is 60.7 Å². The summed E-state index contributed by atoms with van der Waals surface area (Å²) in [4.78, 5) is 12.8. The van der Waals surface area contributed by atoms with Gasteiger partial charge in [-0.15, -0.1) is 5.10 Å². The molecule has 4 rings (SSSR count). The molecule has 0 spiro atoms. The number of aromatic nitrogens is 4. The summed E-state index contributed by atoms with van der Waals surface area (Å²) in [5.41, 5.74) is 0.909. The van der Waals surface area contributed by atoms with E-state index in [-0.39, 0.29) is 17.3 Å². The molecule has 178 valence electrons. The zero-order valence-corrected chi connectivity index (χ0v) is 19.9. The summed E-state index contributed by atoms with van der Waals surface area (Å²) in [6, 6.07) is 10.4. The first-order chi connectivity index (χ1) is 16.0. The number of carbonyl (C=O) groups is 1. The van der Waals surface area contributed by atoms with Crippen molar-refractivity contribution >= 4 is 32.8 Å². The fourth-order valence-electron chi connectivity index (χ4n) is 3.60. The number of aromatic amines is 1. The maximum Gasteiger partial charge on any atom is 0.419 e. The molecule has 0 amide bonds. The standard InChI is InChI=1S/C23H24FN5O4S/c1-5-29(21-13-25-27-26-21)34(31,32)17-9-6-15(7-10-17)19-14-28(22(30)33-23(2,3)4)20-12-16(24)8-11-18(19)20/h6-14H,5H2,1-4H3,(H,25,26,27). The maximum atomic E-state index is 14.0. The lowest BCUT2D eigenvalue weighted by molar-refractivity contribution is 0.0544. The molecule has 0 unspecified atom stereocenters. The van der Waals surface area contributed by atoms with Crippen LogP contribution in [0.4, 0.5) is 15.0 Å². The van der Waals surface area contributed by atoms with Gasteiger partial charge in [-0.3, -0.25) is 9.67 Å². The van der Waals surface area contributed by atoms with E-state index in [2.05, 4.69) is 15.4 Å². The molecular weight excluding hydrogens is 461 g/mol. The number of H-pyrrole nitrogens is 1. The van der Waals surface area contributed by atoms with Crippen LogP contribution in [0.5, 0.6) is 0 Å². The van der Waals surface area contributed by atoms with Crippen LogP contribution < -0.4 is 4.31 Å². The minimum absolute atomic E-state index is 0.0722. The molecule has 1 N–H and O–H groups in total. The van der Waals surface area contributed by atoms with Crippen molar-refractivity contribution in [2.75, 3.05) is 10.8 Å². The lowest BCUT2D eigenvalue weighted by atomic mass is 10.1. The van der Waals surface area contributed by atoms with Gasteiger partial charge in [0.2, 0.25) is 0 Å². The summed E-state index contributed by atoms with van der Waals surface area (Å²) in [6.07, 6.45) is 2.33. The van der Waals surface area contributed by atoms with Gasteiger partial charge in [0.1, 0.15) is 11.4 Å². The number of hydrogen-bond acceptors (Lipinski definition) is 6. The van der Waals surface area contributed by atoms with Gasteiger partial charge in [-0.2, -0.15) is 0 Å². The molecular formula is C23H24FN5O4S. The average Bonchev–Trinajstić information content (AvgIpc) is 3.41. The number of fused-ring (bicyclic) bond motifs is 1. The number of nitrogens with one attached hydrogen (secondary N) is 1. The molecule has 0 atom stereocenters. The first kappa shape index (κ1) is 23.4. The maximum absolute atomic E-state index is 14.0. The fourth-order valence-corrected chi connectivity index (χ4v) is 5.01. The summed E-state index contributed by atoms with van der Waals surface area (Å²) in [5.74, 6) is -0.301. The average molecular weight is 486 g/mol. The number of ether oxygens (including phenoxy) is 1. The van der Waals surface area contributed by atoms with E-state index in [1.54, 1.807) is 52.1 Å². The molecule has 2 heterocycles. The summed E-state index contributed by atoms with van der Waals surface area (Å²) in [5, 5.41) is 10.5. The molecule has 0 aliphatic rings. The number of nitrogens with zero attached hydrogens (tertiary/aromatic N) is 4. The largest absolute Gasteiger partial charge is 0.443 e. The first-order valence-corrected chi connectivity index (χ1v) is 12.0. The predicted octanol–water partition coefficient (Wildman–Crippen LogP) is 4.56. The number of hydrogen-bond donors (Lipinski definition) is 1. The Morgan fingerprint density at radius 1 is 1.18 bits per heavy atom. The summed E-state index contributed by atoms with van der Waals surface area (Å²) in [7, 11) is -3.87. The van der Waals surface area contributed by atoms with Gasteiger partial charge < -0.3 is 4.74 Å². The highest BCUT2D eigenvalue weighted by Crippen LogP contribution is 2.33. The van der Waals surface area contributed by atoms with Crippen LogP contribution in [0.1, 0.15) is 27.7 Å². The molecule has 4 aromatic rings. The quantitative estimate of drug-likeness (QED) is 0.444. The zero-order valence-electron chi connectivity index (χ0n) is 19.1. The van der Waals surface area contributed by atoms with Crippen LogP contribution >= 0.6 is 0 Å². The Morgan fingerprint density at radius 2 is 1.88 bits per heavy atom. The molecule has 2 aromatic carbocycles. The van der Waals surface area contributed by atoms with Crippen LogP contribution in [-0.4, -0.2) is 46.6 Å². The second kappa shape index (κ2) is 8.56. The van der Waals surface area contributed by atoms with Gasteiger partial charge in [-0.25, -0.2) is 21.9 Å². The Bertz CT molecular complexity index is 1440. The number of benzene rings is 2. The van der Waals surface area contributed by atoms with Crippen molar-refractivity contribution in [3.63, 3.8) is 0 Å². The molecule has 2 aromatic heterocycles. The highest BCUT2D eigenvalue weighted by molar-refractivity contribution is 7.92. The van der Waals surface area contributed by atoms with E-state index in [0.717, 1.165) is 4.31 Å². The number of halogens is 1. The number of carbonyl (C=O) groups excluding carboxylic acids is 1. The van der Waals surface area contributed by atoms with Gasteiger partial charge in [0.05, 0.1) is 16.6 Å². The van der Waals surface area contributed by atoms with E-state index >= 15 is 0 Å². The third-order valence-electron chi connectivity index (χ3n) is 5.06. The monoisotopic (exact) mass is 485 g/mol. The van der Waals surface area contributed by atoms with Gasteiger partial charge in [-0.1, -0.05) is 17.3 Å². The fraction of sp³-hybridized carbons (Fsp3) is 0.261. The Hall–Kier alpha value is -3.73. The molecule has 0 bridgehead atoms. The molecule has 0 fully saturated rings.